The minimum absolute atomic E-state index is 0.287. The van der Waals surface area contributed by atoms with Crippen LogP contribution in [0.4, 0.5) is 0 Å². The molecule has 0 spiro atoms. The van der Waals surface area contributed by atoms with E-state index in [2.05, 4.69) is 27.8 Å². The Morgan fingerprint density at radius 1 is 1.04 bits per heavy atom. The number of aryl methyl sites for hydroxylation is 1. The number of guanidine groups is 1. The number of hydrogen-bond acceptors (Lipinski definition) is 4. The fourth-order valence-corrected chi connectivity index (χ4v) is 2.62. The molecule has 1 aliphatic rings. The van der Waals surface area contributed by atoms with Crippen molar-refractivity contribution in [2.45, 2.75) is 20.0 Å². The molecule has 0 amide bonds. The highest BCUT2D eigenvalue weighted by molar-refractivity contribution is 5.79. The molecule has 0 fully saturated rings. The van der Waals surface area contributed by atoms with E-state index in [0.29, 0.717) is 13.1 Å². The zero-order valence-electron chi connectivity index (χ0n) is 14.8. The van der Waals surface area contributed by atoms with Gasteiger partial charge in [0.25, 0.3) is 0 Å². The van der Waals surface area contributed by atoms with Gasteiger partial charge in [0.15, 0.2) is 17.5 Å². The second kappa shape index (κ2) is 7.79. The van der Waals surface area contributed by atoms with Crippen LogP contribution in [0.5, 0.6) is 17.2 Å². The molecule has 0 unspecified atom stereocenters. The number of aliphatic imine (C=N–C) groups is 1. The molecule has 0 aliphatic carbocycles. The van der Waals surface area contributed by atoms with E-state index in [0.717, 1.165) is 39.9 Å². The Morgan fingerprint density at radius 3 is 2.44 bits per heavy atom. The maximum absolute atomic E-state index is 5.40. The third-order valence-electron chi connectivity index (χ3n) is 4.05. The standard InChI is InChI=1S/C19H23N3O3/c1-13-4-5-14(8-17(13)23-3)10-21-19(20-2)22-11-15-6-7-16-18(9-15)25-12-24-16/h4-9H,10-12H2,1-3H3,(H2,20,21,22). The Bertz CT molecular complexity index is 758. The Hall–Kier alpha value is -2.89. The van der Waals surface area contributed by atoms with Crippen molar-refractivity contribution >= 4 is 5.96 Å². The lowest BCUT2D eigenvalue weighted by Crippen LogP contribution is -2.36. The van der Waals surface area contributed by atoms with Crippen LogP contribution < -0.4 is 24.8 Å². The SMILES string of the molecule is CN=C(NCc1ccc(C)c(OC)c1)NCc1ccc2c(c1)OCO2. The van der Waals surface area contributed by atoms with Crippen molar-refractivity contribution < 1.29 is 14.2 Å². The van der Waals surface area contributed by atoms with Gasteiger partial charge in [0, 0.05) is 20.1 Å². The van der Waals surface area contributed by atoms with Crippen LogP contribution in [0.1, 0.15) is 16.7 Å². The predicted molar refractivity (Wildman–Crippen MR) is 97.3 cm³/mol. The van der Waals surface area contributed by atoms with E-state index in [-0.39, 0.29) is 6.79 Å². The zero-order valence-corrected chi connectivity index (χ0v) is 14.8. The highest BCUT2D eigenvalue weighted by Crippen LogP contribution is 2.32. The highest BCUT2D eigenvalue weighted by atomic mass is 16.7. The topological polar surface area (TPSA) is 64.1 Å². The number of methoxy groups -OCH3 is 1. The van der Waals surface area contributed by atoms with Gasteiger partial charge in [-0.25, -0.2) is 0 Å². The predicted octanol–water partition coefficient (Wildman–Crippen LogP) is 2.60. The van der Waals surface area contributed by atoms with E-state index in [1.54, 1.807) is 14.2 Å². The minimum atomic E-state index is 0.287. The summed E-state index contributed by atoms with van der Waals surface area (Å²) in [5.41, 5.74) is 3.36. The maximum atomic E-state index is 5.40. The molecule has 0 atom stereocenters. The van der Waals surface area contributed by atoms with Gasteiger partial charge >= 0.3 is 0 Å². The molecule has 6 nitrogen and oxygen atoms in total. The van der Waals surface area contributed by atoms with Crippen LogP contribution in [0.15, 0.2) is 41.4 Å². The molecule has 0 radical (unpaired) electrons. The highest BCUT2D eigenvalue weighted by Gasteiger charge is 2.13. The number of fused-ring (bicyclic) bond motifs is 1. The second-order valence-corrected chi connectivity index (χ2v) is 5.77. The van der Waals surface area contributed by atoms with Crippen molar-refractivity contribution in [1.82, 2.24) is 10.6 Å². The normalized spacial score (nSPS) is 12.8. The molecule has 1 heterocycles. The summed E-state index contributed by atoms with van der Waals surface area (Å²) in [6.07, 6.45) is 0. The van der Waals surface area contributed by atoms with Gasteiger partial charge in [0.2, 0.25) is 6.79 Å². The molecule has 2 aromatic rings. The van der Waals surface area contributed by atoms with Crippen LogP contribution in [0.3, 0.4) is 0 Å². The van der Waals surface area contributed by atoms with E-state index in [1.165, 1.54) is 0 Å². The summed E-state index contributed by atoms with van der Waals surface area (Å²) in [6.45, 7) is 3.63. The van der Waals surface area contributed by atoms with Crippen LogP contribution in [-0.2, 0) is 13.1 Å². The number of nitrogens with one attached hydrogen (secondary N) is 2. The third-order valence-corrected chi connectivity index (χ3v) is 4.05. The molecule has 2 aromatic carbocycles. The molecule has 6 heteroatoms. The molecule has 0 aromatic heterocycles. The molecular weight excluding hydrogens is 318 g/mol. The first-order chi connectivity index (χ1) is 12.2. The van der Waals surface area contributed by atoms with E-state index < -0.39 is 0 Å². The summed E-state index contributed by atoms with van der Waals surface area (Å²) in [6, 6.07) is 12.1. The van der Waals surface area contributed by atoms with E-state index >= 15 is 0 Å². The molecule has 132 valence electrons. The lowest BCUT2D eigenvalue weighted by atomic mass is 10.1. The van der Waals surface area contributed by atoms with Crippen molar-refractivity contribution in [3.63, 3.8) is 0 Å². The molecule has 2 N–H and O–H groups in total. The summed E-state index contributed by atoms with van der Waals surface area (Å²) >= 11 is 0. The van der Waals surface area contributed by atoms with Crippen LogP contribution in [0.2, 0.25) is 0 Å². The Kier molecular flexibility index (Phi) is 5.28. The maximum Gasteiger partial charge on any atom is 0.231 e. The summed E-state index contributed by atoms with van der Waals surface area (Å²) < 4.78 is 16.1. The monoisotopic (exact) mass is 341 g/mol. The zero-order chi connectivity index (χ0) is 17.6. The van der Waals surface area contributed by atoms with Crippen molar-refractivity contribution in [3.8, 4) is 17.2 Å². The molecule has 0 saturated heterocycles. The summed E-state index contributed by atoms with van der Waals surface area (Å²) in [7, 11) is 3.44. The second-order valence-electron chi connectivity index (χ2n) is 5.77. The first-order valence-corrected chi connectivity index (χ1v) is 8.16. The number of ether oxygens (including phenoxy) is 3. The average Bonchev–Trinajstić information content (AvgIpc) is 3.10. The number of rotatable bonds is 5. The van der Waals surface area contributed by atoms with Crippen molar-refractivity contribution in [2.24, 2.45) is 4.99 Å². The van der Waals surface area contributed by atoms with Gasteiger partial charge in [-0.1, -0.05) is 18.2 Å². The Balaban J connectivity index is 1.55. The first-order valence-electron chi connectivity index (χ1n) is 8.16. The van der Waals surface area contributed by atoms with Crippen LogP contribution in [-0.4, -0.2) is 26.9 Å². The molecule has 3 rings (SSSR count). The fraction of sp³-hybridized carbons (Fsp3) is 0.316. The molecular formula is C19H23N3O3. The lowest BCUT2D eigenvalue weighted by molar-refractivity contribution is 0.174. The van der Waals surface area contributed by atoms with Crippen LogP contribution in [0, 0.1) is 6.92 Å². The first kappa shape index (κ1) is 17.0. The molecule has 1 aliphatic heterocycles. The summed E-state index contributed by atoms with van der Waals surface area (Å²) in [5.74, 6) is 3.20. The summed E-state index contributed by atoms with van der Waals surface area (Å²) in [5, 5.41) is 6.60. The van der Waals surface area contributed by atoms with E-state index in [9.17, 15) is 0 Å². The van der Waals surface area contributed by atoms with Crippen LogP contribution >= 0.6 is 0 Å². The smallest absolute Gasteiger partial charge is 0.231 e. The van der Waals surface area contributed by atoms with Gasteiger partial charge < -0.3 is 24.8 Å². The summed E-state index contributed by atoms with van der Waals surface area (Å²) in [4.78, 5) is 4.26. The fourth-order valence-electron chi connectivity index (χ4n) is 2.62. The van der Waals surface area contributed by atoms with E-state index in [4.69, 9.17) is 14.2 Å². The number of hydrogen-bond donors (Lipinski definition) is 2. The quantitative estimate of drug-likeness (QED) is 0.646. The van der Waals surface area contributed by atoms with Crippen molar-refractivity contribution in [3.05, 3.63) is 53.1 Å². The van der Waals surface area contributed by atoms with Crippen molar-refractivity contribution in [2.75, 3.05) is 21.0 Å². The Labute approximate surface area is 147 Å². The lowest BCUT2D eigenvalue weighted by Gasteiger charge is -2.13. The van der Waals surface area contributed by atoms with E-state index in [1.807, 2.05) is 31.2 Å². The van der Waals surface area contributed by atoms with Gasteiger partial charge in [-0.05, 0) is 41.8 Å². The van der Waals surface area contributed by atoms with Gasteiger partial charge in [0.05, 0.1) is 7.11 Å². The average molecular weight is 341 g/mol. The third kappa shape index (κ3) is 4.15. The van der Waals surface area contributed by atoms with Gasteiger partial charge in [0.1, 0.15) is 5.75 Å². The molecule has 0 saturated carbocycles. The Morgan fingerprint density at radius 2 is 1.72 bits per heavy atom. The molecule has 0 bridgehead atoms. The number of benzene rings is 2. The molecule has 25 heavy (non-hydrogen) atoms. The van der Waals surface area contributed by atoms with Gasteiger partial charge in [-0.15, -0.1) is 0 Å². The largest absolute Gasteiger partial charge is 0.496 e. The van der Waals surface area contributed by atoms with Crippen LogP contribution in [0.25, 0.3) is 0 Å². The van der Waals surface area contributed by atoms with Gasteiger partial charge in [-0.2, -0.15) is 0 Å². The van der Waals surface area contributed by atoms with Gasteiger partial charge in [-0.3, -0.25) is 4.99 Å². The van der Waals surface area contributed by atoms with Crippen molar-refractivity contribution in [1.29, 1.82) is 0 Å². The minimum Gasteiger partial charge on any atom is -0.496 e. The number of nitrogens with zero attached hydrogens (tertiary/aromatic N) is 1.